The van der Waals surface area contributed by atoms with Crippen molar-refractivity contribution in [2.75, 3.05) is 26.3 Å². The number of hydrogen-bond acceptors (Lipinski definition) is 5. The Morgan fingerprint density at radius 1 is 1.13 bits per heavy atom. The van der Waals surface area contributed by atoms with Gasteiger partial charge in [-0.3, -0.25) is 9.59 Å². The van der Waals surface area contributed by atoms with Gasteiger partial charge in [-0.05, 0) is 19.1 Å². The average Bonchev–Trinajstić information content (AvgIpc) is 3.36. The second-order valence-electron chi connectivity index (χ2n) is 8.01. The molecule has 2 aliphatic heterocycles. The number of hydrogen-bond donors (Lipinski definition) is 0. The molecule has 2 aliphatic rings. The van der Waals surface area contributed by atoms with Gasteiger partial charge in [-0.15, -0.1) is 0 Å². The SMILES string of the molecule is Cc1oc2ccn(Cc3ccccc3F)c(=O)c2c1C(=O)N1CCC2(CC1)OCCO2. The number of ether oxygens (including phenoxy) is 2. The number of aryl methyl sites for hydroxylation is 1. The number of piperidine rings is 1. The highest BCUT2D eigenvalue weighted by molar-refractivity contribution is 6.06. The number of carbonyl (C=O) groups is 1. The summed E-state index contributed by atoms with van der Waals surface area (Å²) in [5, 5.41) is 0.231. The van der Waals surface area contributed by atoms with Crippen LogP contribution in [0.15, 0.2) is 45.7 Å². The molecule has 0 radical (unpaired) electrons. The van der Waals surface area contributed by atoms with Gasteiger partial charge in [-0.1, -0.05) is 18.2 Å². The minimum atomic E-state index is -0.587. The summed E-state index contributed by atoms with van der Waals surface area (Å²) in [5.41, 5.74) is 0.644. The molecule has 2 aromatic heterocycles. The zero-order valence-electron chi connectivity index (χ0n) is 17.2. The first-order valence-corrected chi connectivity index (χ1v) is 10.4. The number of nitrogens with zero attached hydrogens (tertiary/aromatic N) is 2. The molecule has 0 N–H and O–H groups in total. The lowest BCUT2D eigenvalue weighted by Gasteiger charge is -2.37. The van der Waals surface area contributed by atoms with Gasteiger partial charge in [0.2, 0.25) is 0 Å². The van der Waals surface area contributed by atoms with Crippen molar-refractivity contribution in [2.24, 2.45) is 0 Å². The second-order valence-corrected chi connectivity index (χ2v) is 8.01. The summed E-state index contributed by atoms with van der Waals surface area (Å²) in [4.78, 5) is 28.3. The molecule has 0 saturated carbocycles. The summed E-state index contributed by atoms with van der Waals surface area (Å²) in [5.74, 6) is -0.816. The number of amides is 1. The van der Waals surface area contributed by atoms with Gasteiger partial charge in [0.15, 0.2) is 5.79 Å². The zero-order chi connectivity index (χ0) is 21.6. The lowest BCUT2D eigenvalue weighted by Crippen LogP contribution is -2.47. The second kappa shape index (κ2) is 7.62. The van der Waals surface area contributed by atoms with Crippen LogP contribution in [0.3, 0.4) is 0 Å². The molecule has 8 heteroatoms. The van der Waals surface area contributed by atoms with Gasteiger partial charge in [-0.25, -0.2) is 4.39 Å². The van der Waals surface area contributed by atoms with Gasteiger partial charge >= 0.3 is 0 Å². The van der Waals surface area contributed by atoms with Crippen LogP contribution >= 0.6 is 0 Å². The van der Waals surface area contributed by atoms with Crippen molar-refractivity contribution in [1.29, 1.82) is 0 Å². The fourth-order valence-corrected chi connectivity index (χ4v) is 4.45. The normalized spacial score (nSPS) is 18.2. The topological polar surface area (TPSA) is 73.9 Å². The van der Waals surface area contributed by atoms with Crippen LogP contribution in [-0.2, 0) is 16.0 Å². The fourth-order valence-electron chi connectivity index (χ4n) is 4.45. The van der Waals surface area contributed by atoms with E-state index in [4.69, 9.17) is 13.9 Å². The molecule has 2 saturated heterocycles. The number of likely N-dealkylation sites (tertiary alicyclic amines) is 1. The van der Waals surface area contributed by atoms with Crippen molar-refractivity contribution in [3.8, 4) is 0 Å². The highest BCUT2D eigenvalue weighted by Gasteiger charge is 2.41. The van der Waals surface area contributed by atoms with E-state index in [9.17, 15) is 14.0 Å². The number of halogens is 1. The number of aromatic nitrogens is 1. The number of rotatable bonds is 3. The maximum atomic E-state index is 14.1. The minimum Gasteiger partial charge on any atom is -0.460 e. The Labute approximate surface area is 178 Å². The molecule has 1 amide bonds. The van der Waals surface area contributed by atoms with E-state index in [2.05, 4.69) is 0 Å². The fraction of sp³-hybridized carbons (Fsp3) is 0.391. The molecule has 0 aliphatic carbocycles. The Kier molecular flexibility index (Phi) is 4.91. The van der Waals surface area contributed by atoms with Gasteiger partial charge < -0.3 is 23.4 Å². The van der Waals surface area contributed by atoms with Crippen molar-refractivity contribution < 1.29 is 23.1 Å². The van der Waals surface area contributed by atoms with E-state index in [1.54, 1.807) is 42.3 Å². The number of benzene rings is 1. The quantitative estimate of drug-likeness (QED) is 0.644. The summed E-state index contributed by atoms with van der Waals surface area (Å²) in [6.45, 7) is 3.84. The van der Waals surface area contributed by atoms with Gasteiger partial charge in [-0.2, -0.15) is 0 Å². The van der Waals surface area contributed by atoms with Crippen LogP contribution in [0.4, 0.5) is 4.39 Å². The molecule has 5 rings (SSSR count). The Morgan fingerprint density at radius 2 is 1.84 bits per heavy atom. The van der Waals surface area contributed by atoms with E-state index in [-0.39, 0.29) is 34.8 Å². The molecule has 162 valence electrons. The van der Waals surface area contributed by atoms with E-state index in [1.807, 2.05) is 0 Å². The molecule has 2 fully saturated rings. The number of fused-ring (bicyclic) bond motifs is 1. The molecule has 31 heavy (non-hydrogen) atoms. The third-order valence-corrected chi connectivity index (χ3v) is 6.13. The third-order valence-electron chi connectivity index (χ3n) is 6.13. The summed E-state index contributed by atoms with van der Waals surface area (Å²) >= 11 is 0. The number of pyridine rings is 1. The minimum absolute atomic E-state index is 0.0697. The number of furan rings is 1. The summed E-state index contributed by atoms with van der Waals surface area (Å²) in [7, 11) is 0. The lowest BCUT2D eigenvalue weighted by molar-refractivity contribution is -0.181. The maximum Gasteiger partial charge on any atom is 0.262 e. The monoisotopic (exact) mass is 426 g/mol. The molecule has 4 heterocycles. The molecule has 3 aromatic rings. The van der Waals surface area contributed by atoms with Crippen LogP contribution in [0.5, 0.6) is 0 Å². The Bertz CT molecular complexity index is 1200. The molecular weight excluding hydrogens is 403 g/mol. The molecular formula is C23H23FN2O5. The first-order chi connectivity index (χ1) is 15.0. The van der Waals surface area contributed by atoms with Crippen LogP contribution in [0.1, 0.15) is 34.5 Å². The first kappa shape index (κ1) is 20.0. The predicted octanol–water partition coefficient (Wildman–Crippen LogP) is 3.07. The molecule has 0 atom stereocenters. The predicted molar refractivity (Wildman–Crippen MR) is 110 cm³/mol. The number of carbonyl (C=O) groups excluding carboxylic acids is 1. The van der Waals surface area contributed by atoms with Crippen molar-refractivity contribution in [1.82, 2.24) is 9.47 Å². The van der Waals surface area contributed by atoms with Crippen molar-refractivity contribution in [3.63, 3.8) is 0 Å². The Balaban J connectivity index is 1.47. The van der Waals surface area contributed by atoms with E-state index in [0.717, 1.165) is 0 Å². The van der Waals surface area contributed by atoms with E-state index >= 15 is 0 Å². The summed E-state index contributed by atoms with van der Waals surface area (Å²) in [6, 6.07) is 7.96. The van der Waals surface area contributed by atoms with Gasteiger partial charge in [0.25, 0.3) is 11.5 Å². The molecule has 0 bridgehead atoms. The molecule has 1 aromatic carbocycles. The van der Waals surface area contributed by atoms with E-state index < -0.39 is 5.79 Å². The van der Waals surface area contributed by atoms with Crippen LogP contribution in [-0.4, -0.2) is 47.5 Å². The summed E-state index contributed by atoms with van der Waals surface area (Å²) in [6.07, 6.45) is 2.74. The van der Waals surface area contributed by atoms with Crippen LogP contribution < -0.4 is 5.56 Å². The van der Waals surface area contributed by atoms with Crippen LogP contribution in [0, 0.1) is 12.7 Å². The Hall–Kier alpha value is -2.97. The van der Waals surface area contributed by atoms with E-state index in [0.29, 0.717) is 56.1 Å². The average molecular weight is 426 g/mol. The van der Waals surface area contributed by atoms with Gasteiger partial charge in [0, 0.05) is 37.7 Å². The van der Waals surface area contributed by atoms with Crippen molar-refractivity contribution in [3.05, 3.63) is 69.6 Å². The molecule has 1 spiro atoms. The third kappa shape index (κ3) is 3.45. The standard InChI is InChI=1S/C23H23FN2O5/c1-15-19(21(27)25-10-7-23(8-11-25)29-12-13-30-23)20-18(31-15)6-9-26(22(20)28)14-16-4-2-3-5-17(16)24/h2-6,9H,7-8,10-14H2,1H3. The lowest BCUT2D eigenvalue weighted by atomic mass is 10.0. The zero-order valence-corrected chi connectivity index (χ0v) is 17.2. The highest BCUT2D eigenvalue weighted by atomic mass is 19.1. The molecule has 7 nitrogen and oxygen atoms in total. The highest BCUT2D eigenvalue weighted by Crippen LogP contribution is 2.33. The molecule has 0 unspecified atom stereocenters. The first-order valence-electron chi connectivity index (χ1n) is 10.4. The van der Waals surface area contributed by atoms with Crippen LogP contribution in [0.2, 0.25) is 0 Å². The van der Waals surface area contributed by atoms with Crippen molar-refractivity contribution in [2.45, 2.75) is 32.1 Å². The largest absolute Gasteiger partial charge is 0.460 e. The maximum absolute atomic E-state index is 14.1. The Morgan fingerprint density at radius 3 is 2.55 bits per heavy atom. The van der Waals surface area contributed by atoms with Gasteiger partial charge in [0.1, 0.15) is 17.2 Å². The smallest absolute Gasteiger partial charge is 0.262 e. The summed E-state index contributed by atoms with van der Waals surface area (Å²) < 4.78 is 32.7. The van der Waals surface area contributed by atoms with E-state index in [1.165, 1.54) is 10.6 Å². The van der Waals surface area contributed by atoms with Crippen LogP contribution in [0.25, 0.3) is 11.0 Å². The van der Waals surface area contributed by atoms with Crippen molar-refractivity contribution >= 4 is 16.9 Å². The van der Waals surface area contributed by atoms with Gasteiger partial charge in [0.05, 0.1) is 30.7 Å².